The largest absolute Gasteiger partial charge is 0.489 e. The molecule has 1 N–H and O–H groups in total. The minimum Gasteiger partial charge on any atom is -0.489 e. The van der Waals surface area contributed by atoms with Gasteiger partial charge in [0.2, 0.25) is 0 Å². The van der Waals surface area contributed by atoms with Crippen LogP contribution in [-0.4, -0.2) is 17.0 Å². The lowest BCUT2D eigenvalue weighted by atomic mass is 10.3. The minimum atomic E-state index is -0.0326. The molecule has 1 aromatic carbocycles. The number of rotatable bonds is 5. The second kappa shape index (κ2) is 6.41. The number of nitriles is 1. The van der Waals surface area contributed by atoms with Gasteiger partial charge < -0.3 is 10.1 Å². The zero-order valence-corrected chi connectivity index (χ0v) is 11.8. The van der Waals surface area contributed by atoms with Gasteiger partial charge in [-0.25, -0.2) is 0 Å². The number of aromatic nitrogens is 1. The van der Waals surface area contributed by atoms with E-state index in [-0.39, 0.29) is 11.3 Å². The Labute approximate surface area is 120 Å². The zero-order valence-electron chi connectivity index (χ0n) is 10.3. The second-order valence-electron chi connectivity index (χ2n) is 3.91. The lowest BCUT2D eigenvalue weighted by molar-refractivity contribution is 0.235. The summed E-state index contributed by atoms with van der Waals surface area (Å²) in [7, 11) is 0. The molecule has 1 aromatic heterocycles. The highest BCUT2D eigenvalue weighted by molar-refractivity contribution is 7.10. The molecular weight excluding hydrogens is 282 g/mol. The van der Waals surface area contributed by atoms with Crippen molar-refractivity contribution in [3.8, 4) is 11.8 Å². The number of para-hydroxylation sites is 1. The molecule has 1 heterocycles. The molecule has 4 nitrogen and oxygen atoms in total. The summed E-state index contributed by atoms with van der Waals surface area (Å²) in [5, 5.41) is 13.0. The van der Waals surface area contributed by atoms with Crippen LogP contribution in [0, 0.1) is 11.3 Å². The van der Waals surface area contributed by atoms with Gasteiger partial charge >= 0.3 is 0 Å². The van der Waals surface area contributed by atoms with Crippen LogP contribution in [0.15, 0.2) is 30.3 Å². The van der Waals surface area contributed by atoms with Crippen molar-refractivity contribution in [2.24, 2.45) is 0 Å². The summed E-state index contributed by atoms with van der Waals surface area (Å²) < 4.78 is 9.65. The number of ether oxygens (including phenoxy) is 1. The van der Waals surface area contributed by atoms with Crippen LogP contribution >= 0.6 is 23.1 Å². The smallest absolute Gasteiger partial charge is 0.162 e. The fraction of sp³-hybridized carbons (Fsp3) is 0.231. The molecule has 0 spiro atoms. The Hall–Kier alpha value is -1.77. The third-order valence-electron chi connectivity index (χ3n) is 2.39. The summed E-state index contributed by atoms with van der Waals surface area (Å²) >= 11 is 6.97. The number of benzene rings is 1. The van der Waals surface area contributed by atoms with E-state index in [2.05, 4.69) is 9.69 Å². The summed E-state index contributed by atoms with van der Waals surface area (Å²) in [6, 6.07) is 11.6. The van der Waals surface area contributed by atoms with Crippen LogP contribution in [0.5, 0.6) is 5.75 Å². The second-order valence-corrected chi connectivity index (χ2v) is 5.04. The molecule has 0 saturated carbocycles. The fourth-order valence-corrected chi connectivity index (χ4v) is 2.44. The Morgan fingerprint density at radius 1 is 1.47 bits per heavy atom. The highest BCUT2D eigenvalue weighted by Crippen LogP contribution is 2.27. The molecule has 6 heteroatoms. The molecule has 0 radical (unpaired) electrons. The first-order chi connectivity index (χ1) is 9.20. The van der Waals surface area contributed by atoms with E-state index in [1.54, 1.807) is 0 Å². The monoisotopic (exact) mass is 293 g/mol. The van der Waals surface area contributed by atoms with E-state index in [1.807, 2.05) is 43.3 Å². The van der Waals surface area contributed by atoms with Crippen LogP contribution in [0.2, 0.25) is 5.15 Å². The number of hydrogen-bond acceptors (Lipinski definition) is 5. The average molecular weight is 294 g/mol. The van der Waals surface area contributed by atoms with Crippen molar-refractivity contribution < 1.29 is 4.74 Å². The Bertz CT molecular complexity index is 579. The van der Waals surface area contributed by atoms with Crippen LogP contribution in [0.4, 0.5) is 5.00 Å². The maximum atomic E-state index is 8.95. The molecule has 19 heavy (non-hydrogen) atoms. The number of hydrogen-bond donors (Lipinski definition) is 1. The third-order valence-corrected chi connectivity index (χ3v) is 3.57. The molecule has 0 bridgehead atoms. The number of anilines is 1. The van der Waals surface area contributed by atoms with Crippen molar-refractivity contribution in [3.63, 3.8) is 0 Å². The normalized spacial score (nSPS) is 11.6. The highest BCUT2D eigenvalue weighted by atomic mass is 35.5. The summed E-state index contributed by atoms with van der Waals surface area (Å²) in [6.07, 6.45) is -0.0326. The quantitative estimate of drug-likeness (QED) is 0.916. The van der Waals surface area contributed by atoms with E-state index in [0.717, 1.165) is 5.75 Å². The van der Waals surface area contributed by atoms with E-state index < -0.39 is 0 Å². The predicted molar refractivity (Wildman–Crippen MR) is 76.9 cm³/mol. The SMILES string of the molecule is CC(CNc1snc(Cl)c1C#N)Oc1ccccc1. The standard InChI is InChI=1S/C13H12ClN3OS/c1-9(18-10-5-3-2-4-6-10)8-16-13-11(7-15)12(14)17-19-13/h2-6,9,16H,8H2,1H3. The summed E-state index contributed by atoms with van der Waals surface area (Å²) in [5.41, 5.74) is 0.388. The van der Waals surface area contributed by atoms with E-state index >= 15 is 0 Å². The number of nitrogens with one attached hydrogen (secondary N) is 1. The van der Waals surface area contributed by atoms with Gasteiger partial charge in [0.1, 0.15) is 28.5 Å². The summed E-state index contributed by atoms with van der Waals surface area (Å²) in [5.74, 6) is 0.819. The third kappa shape index (κ3) is 3.60. The molecule has 98 valence electrons. The molecule has 0 amide bonds. The van der Waals surface area contributed by atoms with Crippen molar-refractivity contribution in [2.75, 3.05) is 11.9 Å². The molecule has 1 unspecified atom stereocenters. The van der Waals surface area contributed by atoms with Gasteiger partial charge in [-0.05, 0) is 30.6 Å². The molecule has 2 rings (SSSR count). The van der Waals surface area contributed by atoms with Crippen LogP contribution in [0.1, 0.15) is 12.5 Å². The van der Waals surface area contributed by atoms with E-state index in [4.69, 9.17) is 21.6 Å². The highest BCUT2D eigenvalue weighted by Gasteiger charge is 2.12. The number of nitrogens with zero attached hydrogens (tertiary/aromatic N) is 2. The fourth-order valence-electron chi connectivity index (χ4n) is 1.50. The van der Waals surface area contributed by atoms with Gasteiger partial charge in [0.05, 0.1) is 6.54 Å². The lowest BCUT2D eigenvalue weighted by Gasteiger charge is -2.15. The first-order valence-corrected chi connectivity index (χ1v) is 6.86. The molecule has 2 aromatic rings. The predicted octanol–water partition coefficient (Wildman–Crippen LogP) is 3.55. The van der Waals surface area contributed by atoms with Crippen molar-refractivity contribution >= 4 is 28.1 Å². The van der Waals surface area contributed by atoms with Crippen molar-refractivity contribution in [3.05, 3.63) is 41.0 Å². The molecule has 0 fully saturated rings. The molecule has 0 aliphatic rings. The summed E-state index contributed by atoms with van der Waals surface area (Å²) in [6.45, 7) is 2.52. The first kappa shape index (κ1) is 13.7. The van der Waals surface area contributed by atoms with E-state index in [0.29, 0.717) is 17.1 Å². The number of halogens is 1. The van der Waals surface area contributed by atoms with Gasteiger partial charge in [-0.2, -0.15) is 9.64 Å². The Morgan fingerprint density at radius 2 is 2.21 bits per heavy atom. The van der Waals surface area contributed by atoms with Gasteiger partial charge in [-0.3, -0.25) is 0 Å². The van der Waals surface area contributed by atoms with Crippen molar-refractivity contribution in [2.45, 2.75) is 13.0 Å². The van der Waals surface area contributed by atoms with Gasteiger partial charge in [0.25, 0.3) is 0 Å². The lowest BCUT2D eigenvalue weighted by Crippen LogP contribution is -2.22. The summed E-state index contributed by atoms with van der Waals surface area (Å²) in [4.78, 5) is 0. The molecule has 0 aliphatic carbocycles. The van der Waals surface area contributed by atoms with Crippen molar-refractivity contribution in [1.29, 1.82) is 5.26 Å². The molecule has 1 atom stereocenters. The Morgan fingerprint density at radius 3 is 2.89 bits per heavy atom. The van der Waals surface area contributed by atoms with Crippen LogP contribution in [0.25, 0.3) is 0 Å². The Balaban J connectivity index is 1.90. The van der Waals surface area contributed by atoms with Crippen LogP contribution in [0.3, 0.4) is 0 Å². The maximum Gasteiger partial charge on any atom is 0.162 e. The van der Waals surface area contributed by atoms with Gasteiger partial charge in [0.15, 0.2) is 5.15 Å². The maximum absolute atomic E-state index is 8.95. The molecule has 0 aliphatic heterocycles. The molecule has 0 saturated heterocycles. The Kier molecular flexibility index (Phi) is 4.61. The van der Waals surface area contributed by atoms with Gasteiger partial charge in [-0.1, -0.05) is 29.8 Å². The first-order valence-electron chi connectivity index (χ1n) is 5.71. The van der Waals surface area contributed by atoms with E-state index in [1.165, 1.54) is 11.5 Å². The van der Waals surface area contributed by atoms with Gasteiger partial charge in [-0.15, -0.1) is 0 Å². The topological polar surface area (TPSA) is 57.9 Å². The van der Waals surface area contributed by atoms with Crippen molar-refractivity contribution in [1.82, 2.24) is 4.37 Å². The van der Waals surface area contributed by atoms with Crippen LogP contribution in [-0.2, 0) is 0 Å². The molecular formula is C13H12ClN3OS. The van der Waals surface area contributed by atoms with E-state index in [9.17, 15) is 0 Å². The zero-order chi connectivity index (χ0) is 13.7. The average Bonchev–Trinajstić information content (AvgIpc) is 2.78. The van der Waals surface area contributed by atoms with Crippen LogP contribution < -0.4 is 10.1 Å². The van der Waals surface area contributed by atoms with Gasteiger partial charge in [0, 0.05) is 0 Å². The minimum absolute atomic E-state index is 0.0326.